The van der Waals surface area contributed by atoms with Gasteiger partial charge in [-0.05, 0) is 30.0 Å². The van der Waals surface area contributed by atoms with Crippen LogP contribution in [-0.4, -0.2) is 18.5 Å². The molecule has 0 spiro atoms. The molecule has 1 aromatic heterocycles. The number of rotatable bonds is 5. The number of nitrogens with one attached hydrogen (secondary N) is 1. The molecule has 1 heterocycles. The van der Waals surface area contributed by atoms with Crippen LogP contribution in [0.25, 0.3) is 0 Å². The zero-order valence-electron chi connectivity index (χ0n) is 9.50. The Labute approximate surface area is 100 Å². The van der Waals surface area contributed by atoms with E-state index in [2.05, 4.69) is 19.2 Å². The molecule has 1 aromatic rings. The van der Waals surface area contributed by atoms with Crippen molar-refractivity contribution in [1.82, 2.24) is 5.32 Å². The van der Waals surface area contributed by atoms with Crippen LogP contribution in [0.15, 0.2) is 16.7 Å². The predicted molar refractivity (Wildman–Crippen MR) is 63.5 cm³/mol. The van der Waals surface area contributed by atoms with E-state index in [1.54, 1.807) is 6.07 Å². The Bertz CT molecular complexity index is 350. The van der Waals surface area contributed by atoms with Crippen LogP contribution in [-0.2, 0) is 0 Å². The van der Waals surface area contributed by atoms with E-state index >= 15 is 0 Å². The Morgan fingerprint density at radius 2 is 2.31 bits per heavy atom. The van der Waals surface area contributed by atoms with Crippen molar-refractivity contribution in [2.45, 2.75) is 26.3 Å². The van der Waals surface area contributed by atoms with Crippen LogP contribution in [0.2, 0.25) is 5.22 Å². The first-order chi connectivity index (χ1) is 7.54. The third-order valence-electron chi connectivity index (χ3n) is 2.24. The Kier molecular flexibility index (Phi) is 4.83. The Morgan fingerprint density at radius 1 is 1.62 bits per heavy atom. The van der Waals surface area contributed by atoms with Crippen molar-refractivity contribution < 1.29 is 9.21 Å². The minimum atomic E-state index is -0.241. The van der Waals surface area contributed by atoms with Gasteiger partial charge in [0.25, 0.3) is 5.91 Å². The van der Waals surface area contributed by atoms with Crippen molar-refractivity contribution in [2.24, 2.45) is 11.7 Å². The van der Waals surface area contributed by atoms with Crippen LogP contribution in [0.4, 0.5) is 0 Å². The van der Waals surface area contributed by atoms with Crippen molar-refractivity contribution >= 4 is 17.5 Å². The van der Waals surface area contributed by atoms with Crippen molar-refractivity contribution in [3.05, 3.63) is 23.1 Å². The van der Waals surface area contributed by atoms with Gasteiger partial charge in [-0.15, -0.1) is 0 Å². The monoisotopic (exact) mass is 244 g/mol. The molecule has 1 unspecified atom stereocenters. The summed E-state index contributed by atoms with van der Waals surface area (Å²) in [5.74, 6) is 0.239. The highest BCUT2D eigenvalue weighted by Crippen LogP contribution is 2.16. The molecule has 3 N–H and O–H groups in total. The average molecular weight is 245 g/mol. The summed E-state index contributed by atoms with van der Waals surface area (Å²) in [4.78, 5) is 11.8. The SMILES string of the molecule is CC(C)CC(CN)NC(=O)c1ccoc1Cl. The maximum Gasteiger partial charge on any atom is 0.256 e. The highest BCUT2D eigenvalue weighted by atomic mass is 35.5. The maximum atomic E-state index is 11.8. The molecule has 0 aliphatic rings. The summed E-state index contributed by atoms with van der Waals surface area (Å²) in [5, 5.41) is 2.94. The fourth-order valence-electron chi connectivity index (χ4n) is 1.50. The van der Waals surface area contributed by atoms with E-state index in [1.165, 1.54) is 6.26 Å². The smallest absolute Gasteiger partial charge is 0.256 e. The molecule has 90 valence electrons. The second-order valence-corrected chi connectivity index (χ2v) is 4.49. The second kappa shape index (κ2) is 5.92. The van der Waals surface area contributed by atoms with E-state index in [0.29, 0.717) is 18.0 Å². The Morgan fingerprint density at radius 3 is 2.75 bits per heavy atom. The molecule has 0 fully saturated rings. The third kappa shape index (κ3) is 3.54. The first kappa shape index (κ1) is 13.1. The van der Waals surface area contributed by atoms with Crippen molar-refractivity contribution in [3.63, 3.8) is 0 Å². The van der Waals surface area contributed by atoms with Crippen LogP contribution >= 0.6 is 11.6 Å². The van der Waals surface area contributed by atoms with Gasteiger partial charge in [-0.2, -0.15) is 0 Å². The minimum absolute atomic E-state index is 0.0292. The first-order valence-corrected chi connectivity index (χ1v) is 5.66. The number of hydrogen-bond acceptors (Lipinski definition) is 3. The van der Waals surface area contributed by atoms with E-state index in [0.717, 1.165) is 6.42 Å². The van der Waals surface area contributed by atoms with E-state index in [-0.39, 0.29) is 17.2 Å². The highest BCUT2D eigenvalue weighted by Gasteiger charge is 2.17. The van der Waals surface area contributed by atoms with Gasteiger partial charge in [-0.1, -0.05) is 13.8 Å². The molecule has 4 nitrogen and oxygen atoms in total. The first-order valence-electron chi connectivity index (χ1n) is 5.28. The number of furan rings is 1. The lowest BCUT2D eigenvalue weighted by Gasteiger charge is -2.18. The summed E-state index contributed by atoms with van der Waals surface area (Å²) in [6.07, 6.45) is 2.23. The second-order valence-electron chi connectivity index (χ2n) is 4.14. The van der Waals surface area contributed by atoms with Crippen LogP contribution in [0.1, 0.15) is 30.6 Å². The van der Waals surface area contributed by atoms with Crippen LogP contribution in [0, 0.1) is 5.92 Å². The van der Waals surface area contributed by atoms with Crippen molar-refractivity contribution in [2.75, 3.05) is 6.54 Å². The van der Waals surface area contributed by atoms with E-state index in [1.807, 2.05) is 0 Å². The van der Waals surface area contributed by atoms with Gasteiger partial charge in [-0.3, -0.25) is 4.79 Å². The molecule has 0 radical (unpaired) electrons. The van der Waals surface area contributed by atoms with Gasteiger partial charge in [0.1, 0.15) is 0 Å². The molecule has 16 heavy (non-hydrogen) atoms. The van der Waals surface area contributed by atoms with Crippen LogP contribution in [0.3, 0.4) is 0 Å². The quantitative estimate of drug-likeness (QED) is 0.833. The summed E-state index contributed by atoms with van der Waals surface area (Å²) >= 11 is 5.71. The normalized spacial score (nSPS) is 12.8. The lowest BCUT2D eigenvalue weighted by atomic mass is 10.0. The number of halogens is 1. The number of carbonyl (C=O) groups is 1. The zero-order chi connectivity index (χ0) is 12.1. The molecule has 0 saturated carbocycles. The van der Waals surface area contributed by atoms with Gasteiger partial charge in [0.2, 0.25) is 5.22 Å². The molecule has 0 saturated heterocycles. The lowest BCUT2D eigenvalue weighted by Crippen LogP contribution is -2.41. The van der Waals surface area contributed by atoms with Gasteiger partial charge < -0.3 is 15.5 Å². The number of nitrogens with two attached hydrogens (primary N) is 1. The van der Waals surface area contributed by atoms with Gasteiger partial charge in [0.15, 0.2) is 0 Å². The number of amides is 1. The summed E-state index contributed by atoms with van der Waals surface area (Å²) in [6.45, 7) is 4.58. The van der Waals surface area contributed by atoms with E-state index in [4.69, 9.17) is 21.8 Å². The Balaban J connectivity index is 2.59. The summed E-state index contributed by atoms with van der Waals surface area (Å²) in [7, 11) is 0. The third-order valence-corrected chi connectivity index (χ3v) is 2.53. The van der Waals surface area contributed by atoms with Crippen molar-refractivity contribution in [3.8, 4) is 0 Å². The van der Waals surface area contributed by atoms with Crippen LogP contribution < -0.4 is 11.1 Å². The van der Waals surface area contributed by atoms with Gasteiger partial charge in [-0.25, -0.2) is 0 Å². The zero-order valence-corrected chi connectivity index (χ0v) is 10.3. The van der Waals surface area contributed by atoms with E-state index in [9.17, 15) is 4.79 Å². The minimum Gasteiger partial charge on any atom is -0.452 e. The molecule has 0 bridgehead atoms. The molecule has 1 rings (SSSR count). The molecule has 0 aliphatic carbocycles. The predicted octanol–water partition coefficient (Wildman–Crippen LogP) is 2.04. The molecule has 1 amide bonds. The fourth-order valence-corrected chi connectivity index (χ4v) is 1.70. The molecule has 1 atom stereocenters. The van der Waals surface area contributed by atoms with Gasteiger partial charge >= 0.3 is 0 Å². The lowest BCUT2D eigenvalue weighted by molar-refractivity contribution is 0.0933. The molecule has 5 heteroatoms. The van der Waals surface area contributed by atoms with Crippen LogP contribution in [0.5, 0.6) is 0 Å². The molecule has 0 aromatic carbocycles. The van der Waals surface area contributed by atoms with E-state index < -0.39 is 0 Å². The number of carbonyl (C=O) groups excluding carboxylic acids is 1. The molecular weight excluding hydrogens is 228 g/mol. The molecule has 0 aliphatic heterocycles. The standard InChI is InChI=1S/C11H17ClN2O2/c1-7(2)5-8(6-13)14-11(15)9-3-4-16-10(9)12/h3-4,7-8H,5-6,13H2,1-2H3,(H,14,15). The van der Waals surface area contributed by atoms with Gasteiger partial charge in [0, 0.05) is 12.6 Å². The summed E-state index contributed by atoms with van der Waals surface area (Å²) < 4.78 is 4.86. The largest absolute Gasteiger partial charge is 0.452 e. The number of hydrogen-bond donors (Lipinski definition) is 2. The van der Waals surface area contributed by atoms with Gasteiger partial charge in [0.05, 0.1) is 11.8 Å². The van der Waals surface area contributed by atoms with Crippen molar-refractivity contribution in [1.29, 1.82) is 0 Å². The highest BCUT2D eigenvalue weighted by molar-refractivity contribution is 6.32. The Hall–Kier alpha value is -1.00. The topological polar surface area (TPSA) is 68.3 Å². The fraction of sp³-hybridized carbons (Fsp3) is 0.545. The summed E-state index contributed by atoms with van der Waals surface area (Å²) in [5.41, 5.74) is 5.94. The molecular formula is C11H17ClN2O2. The maximum absolute atomic E-state index is 11.8. The average Bonchev–Trinajstić information content (AvgIpc) is 2.62. The summed E-state index contributed by atoms with van der Waals surface area (Å²) in [6, 6.07) is 1.51.